The van der Waals surface area contributed by atoms with Crippen molar-refractivity contribution in [3.05, 3.63) is 29.8 Å². The second-order valence-corrected chi connectivity index (χ2v) is 8.57. The molecule has 2 aliphatic rings. The summed E-state index contributed by atoms with van der Waals surface area (Å²) in [6.07, 6.45) is 11.4. The van der Waals surface area contributed by atoms with Gasteiger partial charge in [0, 0.05) is 6.54 Å². The van der Waals surface area contributed by atoms with E-state index in [9.17, 15) is 5.11 Å². The van der Waals surface area contributed by atoms with Crippen LogP contribution in [0.4, 0.5) is 0 Å². The molecular weight excluding hydrogens is 294 g/mol. The van der Waals surface area contributed by atoms with Crippen molar-refractivity contribution in [3.63, 3.8) is 0 Å². The van der Waals surface area contributed by atoms with Crippen molar-refractivity contribution in [3.8, 4) is 5.75 Å². The van der Waals surface area contributed by atoms with Crippen molar-refractivity contribution >= 4 is 0 Å². The predicted octanol–water partition coefficient (Wildman–Crippen LogP) is 5.35. The molecule has 134 valence electrons. The summed E-state index contributed by atoms with van der Waals surface area (Å²) in [5.41, 5.74) is 1.50. The number of hydrogen-bond donors (Lipinski definition) is 1. The zero-order chi connectivity index (χ0) is 17.0. The van der Waals surface area contributed by atoms with Crippen molar-refractivity contribution in [1.29, 1.82) is 0 Å². The van der Waals surface area contributed by atoms with Crippen LogP contribution in [0, 0.1) is 11.8 Å². The van der Waals surface area contributed by atoms with Crippen molar-refractivity contribution in [1.82, 2.24) is 4.90 Å². The molecule has 2 atom stereocenters. The summed E-state index contributed by atoms with van der Waals surface area (Å²) in [6.45, 7) is 8.43. The van der Waals surface area contributed by atoms with Crippen LogP contribution in [0.15, 0.2) is 24.3 Å². The van der Waals surface area contributed by atoms with Crippen molar-refractivity contribution < 1.29 is 5.11 Å². The largest absolute Gasteiger partial charge is 0.508 e. The highest BCUT2D eigenvalue weighted by Crippen LogP contribution is 2.40. The number of nitrogens with zero attached hydrogens (tertiary/aromatic N) is 1. The van der Waals surface area contributed by atoms with Crippen LogP contribution in [0.25, 0.3) is 0 Å². The standard InChI is InChI=1S/C22H35NO/c1-18-17-23(14-7-10-19-8-4-3-5-9-19)15-13-22(18,2)20-11-6-12-21(24)16-20/h6,11-12,16,18-19,24H,3-5,7-10,13-15,17H2,1-2H3/t18-,22+/m1/s1. The van der Waals surface area contributed by atoms with Gasteiger partial charge in [-0.25, -0.2) is 0 Å². The second-order valence-electron chi connectivity index (χ2n) is 8.57. The summed E-state index contributed by atoms with van der Waals surface area (Å²) in [5, 5.41) is 9.83. The molecule has 2 fully saturated rings. The second kappa shape index (κ2) is 7.91. The molecule has 2 nitrogen and oxygen atoms in total. The summed E-state index contributed by atoms with van der Waals surface area (Å²) in [4.78, 5) is 2.68. The number of hydrogen-bond acceptors (Lipinski definition) is 2. The highest BCUT2D eigenvalue weighted by atomic mass is 16.3. The highest BCUT2D eigenvalue weighted by Gasteiger charge is 2.37. The van der Waals surface area contributed by atoms with Crippen LogP contribution in [-0.2, 0) is 5.41 Å². The van der Waals surface area contributed by atoms with E-state index in [0.717, 1.165) is 5.92 Å². The molecule has 1 aromatic rings. The Kier molecular flexibility index (Phi) is 5.86. The van der Waals surface area contributed by atoms with Gasteiger partial charge in [-0.15, -0.1) is 0 Å². The van der Waals surface area contributed by atoms with E-state index >= 15 is 0 Å². The number of piperidine rings is 1. The van der Waals surface area contributed by atoms with Crippen LogP contribution in [0.1, 0.15) is 70.8 Å². The number of phenols is 1. The molecule has 0 unspecified atom stereocenters. The smallest absolute Gasteiger partial charge is 0.115 e. The number of aromatic hydroxyl groups is 1. The lowest BCUT2D eigenvalue weighted by Crippen LogP contribution is -2.47. The van der Waals surface area contributed by atoms with E-state index in [1.54, 1.807) is 6.07 Å². The Hall–Kier alpha value is -1.02. The van der Waals surface area contributed by atoms with Gasteiger partial charge >= 0.3 is 0 Å². The molecule has 24 heavy (non-hydrogen) atoms. The molecule has 1 N–H and O–H groups in total. The van der Waals surface area contributed by atoms with Gasteiger partial charge in [-0.2, -0.15) is 0 Å². The molecule has 0 spiro atoms. The van der Waals surface area contributed by atoms with E-state index in [0.29, 0.717) is 11.7 Å². The first-order valence-corrected chi connectivity index (χ1v) is 10.1. The van der Waals surface area contributed by atoms with Crippen LogP contribution in [0.3, 0.4) is 0 Å². The zero-order valence-electron chi connectivity index (χ0n) is 15.6. The average Bonchev–Trinajstić information content (AvgIpc) is 2.59. The fourth-order valence-corrected chi connectivity index (χ4v) is 4.89. The van der Waals surface area contributed by atoms with E-state index < -0.39 is 0 Å². The summed E-state index contributed by atoms with van der Waals surface area (Å²) in [7, 11) is 0. The third-order valence-electron chi connectivity index (χ3n) is 6.88. The van der Waals surface area contributed by atoms with Crippen molar-refractivity contribution in [2.24, 2.45) is 11.8 Å². The molecule has 1 aliphatic carbocycles. The Morgan fingerprint density at radius 3 is 2.71 bits per heavy atom. The SMILES string of the molecule is C[C@@H]1CN(CCCC2CCCCC2)CC[C@]1(C)c1cccc(O)c1. The molecule has 1 aromatic carbocycles. The van der Waals surface area contributed by atoms with E-state index in [1.165, 1.54) is 76.6 Å². The van der Waals surface area contributed by atoms with Crippen LogP contribution in [-0.4, -0.2) is 29.6 Å². The fourth-order valence-electron chi connectivity index (χ4n) is 4.89. The normalized spacial score (nSPS) is 29.7. The minimum Gasteiger partial charge on any atom is -0.508 e. The van der Waals surface area contributed by atoms with Crippen molar-refractivity contribution in [2.75, 3.05) is 19.6 Å². The molecule has 0 bridgehead atoms. The lowest BCUT2D eigenvalue weighted by Gasteiger charge is -2.45. The minimum absolute atomic E-state index is 0.193. The quantitative estimate of drug-likeness (QED) is 0.787. The number of rotatable bonds is 5. The van der Waals surface area contributed by atoms with Gasteiger partial charge in [0.25, 0.3) is 0 Å². The number of benzene rings is 1. The maximum atomic E-state index is 9.83. The predicted molar refractivity (Wildman–Crippen MR) is 101 cm³/mol. The first-order valence-electron chi connectivity index (χ1n) is 10.1. The highest BCUT2D eigenvalue weighted by molar-refractivity contribution is 5.33. The summed E-state index contributed by atoms with van der Waals surface area (Å²) in [6, 6.07) is 7.92. The Morgan fingerprint density at radius 2 is 2.00 bits per heavy atom. The fraction of sp³-hybridized carbons (Fsp3) is 0.727. The van der Waals surface area contributed by atoms with Crippen molar-refractivity contribution in [2.45, 2.75) is 70.6 Å². The molecule has 1 saturated carbocycles. The zero-order valence-corrected chi connectivity index (χ0v) is 15.6. The van der Waals surface area contributed by atoms with E-state index in [4.69, 9.17) is 0 Å². The molecule has 1 aliphatic heterocycles. The Bertz CT molecular complexity index is 522. The van der Waals surface area contributed by atoms with E-state index in [-0.39, 0.29) is 5.41 Å². The lowest BCUT2D eigenvalue weighted by molar-refractivity contribution is 0.107. The number of likely N-dealkylation sites (tertiary alicyclic amines) is 1. The lowest BCUT2D eigenvalue weighted by atomic mass is 9.68. The average molecular weight is 330 g/mol. The first kappa shape index (κ1) is 17.8. The molecule has 0 radical (unpaired) electrons. The molecule has 1 heterocycles. The Labute approximate surface area is 148 Å². The molecular formula is C22H35NO. The van der Waals surface area contributed by atoms with Gasteiger partial charge in [0.15, 0.2) is 0 Å². The summed E-state index contributed by atoms with van der Waals surface area (Å²) < 4.78 is 0. The van der Waals surface area contributed by atoms with Crippen LogP contribution >= 0.6 is 0 Å². The van der Waals surface area contributed by atoms with Gasteiger partial charge in [0.2, 0.25) is 0 Å². The minimum atomic E-state index is 0.193. The van der Waals surface area contributed by atoms with Gasteiger partial charge in [-0.1, -0.05) is 58.1 Å². The molecule has 0 aromatic heterocycles. The third kappa shape index (κ3) is 4.14. The van der Waals surface area contributed by atoms with Gasteiger partial charge in [0.05, 0.1) is 0 Å². The van der Waals surface area contributed by atoms with Gasteiger partial charge < -0.3 is 10.0 Å². The topological polar surface area (TPSA) is 23.5 Å². The van der Waals surface area contributed by atoms with E-state index in [1.807, 2.05) is 12.1 Å². The van der Waals surface area contributed by atoms with Gasteiger partial charge in [0.1, 0.15) is 5.75 Å². The summed E-state index contributed by atoms with van der Waals surface area (Å²) >= 11 is 0. The van der Waals surface area contributed by atoms with Crippen LogP contribution in [0.5, 0.6) is 5.75 Å². The van der Waals surface area contributed by atoms with Crippen LogP contribution in [0.2, 0.25) is 0 Å². The molecule has 3 rings (SSSR count). The number of phenolic OH excluding ortho intramolecular Hbond substituents is 1. The van der Waals surface area contributed by atoms with E-state index in [2.05, 4.69) is 24.8 Å². The van der Waals surface area contributed by atoms with Gasteiger partial charge in [-0.3, -0.25) is 0 Å². The third-order valence-corrected chi connectivity index (χ3v) is 6.88. The molecule has 1 saturated heterocycles. The maximum absolute atomic E-state index is 9.83. The summed E-state index contributed by atoms with van der Waals surface area (Å²) in [5.74, 6) is 2.04. The Balaban J connectivity index is 1.49. The molecule has 2 heteroatoms. The first-order chi connectivity index (χ1) is 11.6. The Morgan fingerprint density at radius 1 is 1.21 bits per heavy atom. The van der Waals surface area contributed by atoms with Gasteiger partial charge in [-0.05, 0) is 67.3 Å². The monoisotopic (exact) mass is 329 g/mol. The molecule has 0 amide bonds. The maximum Gasteiger partial charge on any atom is 0.115 e. The van der Waals surface area contributed by atoms with Crippen LogP contribution < -0.4 is 0 Å².